The molecule has 0 aromatic heterocycles. The Hall–Kier alpha value is -1.95. The minimum atomic E-state index is -0.0791. The minimum Gasteiger partial charge on any atom is -0.483 e. The number of fused-ring (bicyclic) bond motifs is 1. The highest BCUT2D eigenvalue weighted by atomic mass is 16.7. The fraction of sp³-hybridized carbons (Fsp3) is 0.533. The maximum absolute atomic E-state index is 11.7. The summed E-state index contributed by atoms with van der Waals surface area (Å²) in [5.74, 6) is 1.96. The van der Waals surface area contributed by atoms with E-state index in [0.717, 1.165) is 30.7 Å². The molecule has 1 amide bonds. The molecule has 2 N–H and O–H groups in total. The summed E-state index contributed by atoms with van der Waals surface area (Å²) in [6.45, 7) is 3.80. The summed E-state index contributed by atoms with van der Waals surface area (Å²) in [6, 6.07) is 4.04. The minimum absolute atomic E-state index is 0.0231. The van der Waals surface area contributed by atoms with Crippen molar-refractivity contribution in [2.75, 3.05) is 19.9 Å². The molecular formula is C15H20N2O4. The first-order valence-corrected chi connectivity index (χ1v) is 7.31. The smallest absolute Gasteiger partial charge is 0.258 e. The maximum Gasteiger partial charge on any atom is 0.258 e. The van der Waals surface area contributed by atoms with E-state index in [4.69, 9.17) is 14.2 Å². The van der Waals surface area contributed by atoms with Crippen molar-refractivity contribution in [3.63, 3.8) is 0 Å². The molecule has 114 valence electrons. The summed E-state index contributed by atoms with van der Waals surface area (Å²) in [5.41, 5.74) is 0.959. The highest BCUT2D eigenvalue weighted by molar-refractivity contribution is 5.78. The van der Waals surface area contributed by atoms with Gasteiger partial charge >= 0.3 is 0 Å². The van der Waals surface area contributed by atoms with Crippen molar-refractivity contribution in [2.24, 2.45) is 0 Å². The zero-order valence-electron chi connectivity index (χ0n) is 12.1. The second-order valence-corrected chi connectivity index (χ2v) is 5.22. The molecule has 0 radical (unpaired) electrons. The van der Waals surface area contributed by atoms with Crippen LogP contribution in [0, 0.1) is 0 Å². The Morgan fingerprint density at radius 3 is 2.81 bits per heavy atom. The van der Waals surface area contributed by atoms with Crippen LogP contribution >= 0.6 is 0 Å². The highest BCUT2D eigenvalue weighted by Gasteiger charge is 2.24. The van der Waals surface area contributed by atoms with Crippen molar-refractivity contribution in [3.8, 4) is 17.2 Å². The van der Waals surface area contributed by atoms with E-state index in [1.165, 1.54) is 0 Å². The van der Waals surface area contributed by atoms with Gasteiger partial charge in [0.15, 0.2) is 18.1 Å². The van der Waals surface area contributed by atoms with Crippen LogP contribution in [0.25, 0.3) is 0 Å². The maximum atomic E-state index is 11.7. The van der Waals surface area contributed by atoms with Gasteiger partial charge in [-0.3, -0.25) is 4.79 Å². The molecule has 0 spiro atoms. The van der Waals surface area contributed by atoms with Crippen molar-refractivity contribution in [1.29, 1.82) is 0 Å². The van der Waals surface area contributed by atoms with Crippen molar-refractivity contribution in [1.82, 2.24) is 10.6 Å². The number of carbonyl (C=O) groups is 1. The van der Waals surface area contributed by atoms with E-state index < -0.39 is 0 Å². The molecule has 6 nitrogen and oxygen atoms in total. The number of benzene rings is 1. The second-order valence-electron chi connectivity index (χ2n) is 5.22. The Bertz CT molecular complexity index is 529. The van der Waals surface area contributed by atoms with Crippen molar-refractivity contribution in [2.45, 2.75) is 32.4 Å². The first-order valence-electron chi connectivity index (χ1n) is 7.31. The molecule has 1 aliphatic carbocycles. The van der Waals surface area contributed by atoms with E-state index in [1.54, 1.807) is 6.07 Å². The molecular weight excluding hydrogens is 272 g/mol. The third kappa shape index (κ3) is 3.58. The normalized spacial score (nSPS) is 15.9. The van der Waals surface area contributed by atoms with Gasteiger partial charge in [0.25, 0.3) is 5.91 Å². The van der Waals surface area contributed by atoms with Crippen molar-refractivity contribution < 1.29 is 19.0 Å². The molecule has 1 aromatic carbocycles. The summed E-state index contributed by atoms with van der Waals surface area (Å²) in [4.78, 5) is 11.7. The van der Waals surface area contributed by atoms with E-state index >= 15 is 0 Å². The average Bonchev–Trinajstić information content (AvgIpc) is 3.17. The molecule has 0 saturated heterocycles. The van der Waals surface area contributed by atoms with Gasteiger partial charge in [-0.1, -0.05) is 6.92 Å². The molecule has 1 aliphatic heterocycles. The number of rotatable bonds is 7. The quantitative estimate of drug-likeness (QED) is 0.790. The number of hydrogen-bond acceptors (Lipinski definition) is 5. The van der Waals surface area contributed by atoms with E-state index in [9.17, 15) is 4.79 Å². The zero-order valence-corrected chi connectivity index (χ0v) is 12.1. The summed E-state index contributed by atoms with van der Waals surface area (Å²) in [7, 11) is 0. The summed E-state index contributed by atoms with van der Waals surface area (Å²) in [6.07, 6.45) is 2.14. The van der Waals surface area contributed by atoms with Gasteiger partial charge in [0.1, 0.15) is 5.75 Å². The molecule has 0 atom stereocenters. The lowest BCUT2D eigenvalue weighted by molar-refractivity contribution is -0.123. The van der Waals surface area contributed by atoms with Crippen molar-refractivity contribution in [3.05, 3.63) is 17.7 Å². The molecule has 6 heteroatoms. The predicted octanol–water partition coefficient (Wildman–Crippen LogP) is 1.18. The van der Waals surface area contributed by atoms with Gasteiger partial charge in [-0.25, -0.2) is 0 Å². The van der Waals surface area contributed by atoms with Gasteiger partial charge < -0.3 is 24.8 Å². The Morgan fingerprint density at radius 1 is 1.33 bits per heavy atom. The lowest BCUT2D eigenvalue weighted by Crippen LogP contribution is -2.30. The summed E-state index contributed by atoms with van der Waals surface area (Å²) in [5, 5.41) is 6.15. The van der Waals surface area contributed by atoms with Gasteiger partial charge in [-0.2, -0.15) is 0 Å². The van der Waals surface area contributed by atoms with E-state index in [-0.39, 0.29) is 19.3 Å². The number of ether oxygens (including phenoxy) is 3. The molecule has 1 heterocycles. The van der Waals surface area contributed by atoms with Crippen LogP contribution < -0.4 is 24.8 Å². The molecule has 1 fully saturated rings. The standard InChI is InChI=1S/C15H20N2O4/c1-2-16-7-10-5-13-14(21-9-20-13)6-12(10)19-8-15(18)17-11-3-4-11/h5-6,11,16H,2-4,7-9H2,1H3,(H,17,18). The molecule has 0 bridgehead atoms. The first kappa shape index (κ1) is 14.0. The van der Waals surface area contributed by atoms with Crippen LogP contribution in [0.15, 0.2) is 12.1 Å². The highest BCUT2D eigenvalue weighted by Crippen LogP contribution is 2.38. The lowest BCUT2D eigenvalue weighted by atomic mass is 10.1. The zero-order chi connectivity index (χ0) is 14.7. The molecule has 1 saturated carbocycles. The first-order chi connectivity index (χ1) is 10.3. The second kappa shape index (κ2) is 6.22. The molecule has 21 heavy (non-hydrogen) atoms. The van der Waals surface area contributed by atoms with Crippen LogP contribution in [0.4, 0.5) is 0 Å². The van der Waals surface area contributed by atoms with Gasteiger partial charge in [-0.05, 0) is 25.5 Å². The van der Waals surface area contributed by atoms with Crippen LogP contribution in [-0.4, -0.2) is 31.9 Å². The third-order valence-corrected chi connectivity index (χ3v) is 3.42. The fourth-order valence-electron chi connectivity index (χ4n) is 2.14. The summed E-state index contributed by atoms with van der Waals surface area (Å²) < 4.78 is 16.4. The lowest BCUT2D eigenvalue weighted by Gasteiger charge is -2.13. The number of amides is 1. The molecule has 2 aliphatic rings. The Kier molecular flexibility index (Phi) is 4.15. The number of nitrogens with one attached hydrogen (secondary N) is 2. The SMILES string of the molecule is CCNCc1cc2c(cc1OCC(=O)NC1CC1)OCO2. The van der Waals surface area contributed by atoms with Crippen molar-refractivity contribution >= 4 is 5.91 Å². The molecule has 1 aromatic rings. The fourth-order valence-corrected chi connectivity index (χ4v) is 2.14. The summed E-state index contributed by atoms with van der Waals surface area (Å²) >= 11 is 0. The van der Waals surface area contributed by atoms with Crippen LogP contribution in [0.3, 0.4) is 0 Å². The number of carbonyl (C=O) groups excluding carboxylic acids is 1. The Labute approximate surface area is 123 Å². The van der Waals surface area contributed by atoms with Crippen LogP contribution in [0.5, 0.6) is 17.2 Å². The topological polar surface area (TPSA) is 68.8 Å². The Morgan fingerprint density at radius 2 is 2.10 bits per heavy atom. The monoisotopic (exact) mass is 292 g/mol. The largest absolute Gasteiger partial charge is 0.483 e. The predicted molar refractivity (Wildman–Crippen MR) is 76.6 cm³/mol. The van der Waals surface area contributed by atoms with E-state index in [0.29, 0.717) is 24.1 Å². The third-order valence-electron chi connectivity index (χ3n) is 3.42. The van der Waals surface area contributed by atoms with Crippen LogP contribution in [0.2, 0.25) is 0 Å². The van der Waals surface area contributed by atoms with Crippen LogP contribution in [0.1, 0.15) is 25.3 Å². The molecule has 3 rings (SSSR count). The molecule has 0 unspecified atom stereocenters. The average molecular weight is 292 g/mol. The van der Waals surface area contributed by atoms with E-state index in [2.05, 4.69) is 10.6 Å². The van der Waals surface area contributed by atoms with Gasteiger partial charge in [0.05, 0.1) is 0 Å². The van der Waals surface area contributed by atoms with Gasteiger partial charge in [0, 0.05) is 24.2 Å². The Balaban J connectivity index is 1.67. The van der Waals surface area contributed by atoms with Crippen LogP contribution in [-0.2, 0) is 11.3 Å². The van der Waals surface area contributed by atoms with E-state index in [1.807, 2.05) is 13.0 Å². The van der Waals surface area contributed by atoms with Gasteiger partial charge in [-0.15, -0.1) is 0 Å². The van der Waals surface area contributed by atoms with Gasteiger partial charge in [0.2, 0.25) is 6.79 Å². The number of hydrogen-bond donors (Lipinski definition) is 2.